The Bertz CT molecular complexity index is 356. The third-order valence-corrected chi connectivity index (χ3v) is 4.80. The summed E-state index contributed by atoms with van der Waals surface area (Å²) in [6.45, 7) is 13.9. The Hall–Kier alpha value is -0.633. The van der Waals surface area contributed by atoms with Crippen LogP contribution in [-0.2, 0) is 12.5 Å². The van der Waals surface area contributed by atoms with Gasteiger partial charge in [-0.1, -0.05) is 46.5 Å². The van der Waals surface area contributed by atoms with Gasteiger partial charge in [-0.3, -0.25) is 0 Å². The second-order valence-corrected chi connectivity index (χ2v) is 11.5. The molecule has 84 valence electrons. The van der Waals surface area contributed by atoms with Crippen LogP contribution in [0.2, 0.25) is 19.6 Å². The van der Waals surface area contributed by atoms with E-state index in [1.807, 2.05) is 0 Å². The van der Waals surface area contributed by atoms with E-state index in [2.05, 4.69) is 70.4 Å². The molecular weight excluding hydrogens is 198 g/mol. The van der Waals surface area contributed by atoms with E-state index in [9.17, 15) is 0 Å². The second-order valence-electron chi connectivity index (χ2n) is 6.41. The van der Waals surface area contributed by atoms with Gasteiger partial charge in [0.15, 0.2) is 11.9 Å². The molecule has 0 aliphatic heterocycles. The highest BCUT2D eigenvalue weighted by molar-refractivity contribution is 6.88. The van der Waals surface area contributed by atoms with Crippen LogP contribution in [-0.4, -0.2) is 8.07 Å². The third kappa shape index (κ3) is 2.91. The van der Waals surface area contributed by atoms with Crippen LogP contribution in [0.15, 0.2) is 18.3 Å². The van der Waals surface area contributed by atoms with Crippen LogP contribution < -0.4 is 9.75 Å². The predicted molar refractivity (Wildman–Crippen MR) is 69.3 cm³/mol. The normalized spacial score (nSPS) is 13.0. The number of aryl methyl sites for hydroxylation is 1. The summed E-state index contributed by atoms with van der Waals surface area (Å²) in [6, 6.07) is 4.60. The van der Waals surface area contributed by atoms with Crippen LogP contribution in [0.5, 0.6) is 0 Å². The minimum absolute atomic E-state index is 0.229. The smallest absolute Gasteiger partial charge is 0.186 e. The molecule has 1 aromatic heterocycles. The number of rotatable bonds is 1. The first-order valence-electron chi connectivity index (χ1n) is 5.63. The molecule has 0 amide bonds. The van der Waals surface area contributed by atoms with E-state index < -0.39 is 8.07 Å². The average Bonchev–Trinajstić information content (AvgIpc) is 1.99. The summed E-state index contributed by atoms with van der Waals surface area (Å²) >= 11 is 0. The van der Waals surface area contributed by atoms with Crippen molar-refractivity contribution in [1.82, 2.24) is 0 Å². The van der Waals surface area contributed by atoms with E-state index in [1.165, 1.54) is 10.9 Å². The van der Waals surface area contributed by atoms with Gasteiger partial charge in [-0.15, -0.1) is 0 Å². The topological polar surface area (TPSA) is 3.88 Å². The zero-order valence-electron chi connectivity index (χ0n) is 11.2. The molecule has 0 aliphatic rings. The highest BCUT2D eigenvalue weighted by Crippen LogP contribution is 2.17. The number of pyridine rings is 1. The molecule has 1 aromatic rings. The molecule has 2 heteroatoms. The van der Waals surface area contributed by atoms with Gasteiger partial charge < -0.3 is 0 Å². The summed E-state index contributed by atoms with van der Waals surface area (Å²) in [5.74, 6) is 0. The van der Waals surface area contributed by atoms with Crippen molar-refractivity contribution in [2.75, 3.05) is 0 Å². The fourth-order valence-electron chi connectivity index (χ4n) is 1.83. The summed E-state index contributed by atoms with van der Waals surface area (Å²) in [4.78, 5) is 0. The van der Waals surface area contributed by atoms with Crippen LogP contribution in [0.3, 0.4) is 0 Å². The molecule has 0 spiro atoms. The summed E-state index contributed by atoms with van der Waals surface area (Å²) in [7, 11) is 0.989. The Labute approximate surface area is 95.2 Å². The number of nitrogens with zero attached hydrogens (tertiary/aromatic N) is 1. The fourth-order valence-corrected chi connectivity index (χ4v) is 2.99. The number of hydrogen-bond acceptors (Lipinski definition) is 0. The van der Waals surface area contributed by atoms with E-state index >= 15 is 0 Å². The Balaban J connectivity index is 3.21. The van der Waals surface area contributed by atoms with Gasteiger partial charge in [0.2, 0.25) is 0 Å². The molecule has 1 rings (SSSR count). The van der Waals surface area contributed by atoms with Gasteiger partial charge >= 0.3 is 0 Å². The van der Waals surface area contributed by atoms with Crippen molar-refractivity contribution < 1.29 is 4.57 Å². The van der Waals surface area contributed by atoms with Crippen LogP contribution in [0.25, 0.3) is 0 Å². The van der Waals surface area contributed by atoms with Crippen molar-refractivity contribution >= 4 is 13.3 Å². The van der Waals surface area contributed by atoms with Crippen molar-refractivity contribution in [3.05, 3.63) is 24.0 Å². The average molecular weight is 222 g/mol. The minimum Gasteiger partial charge on any atom is -0.205 e. The van der Waals surface area contributed by atoms with Crippen molar-refractivity contribution in [3.8, 4) is 0 Å². The molecule has 0 fully saturated rings. The summed E-state index contributed by atoms with van der Waals surface area (Å²) in [5.41, 5.74) is 1.62. The monoisotopic (exact) mass is 222 g/mol. The second kappa shape index (κ2) is 3.74. The van der Waals surface area contributed by atoms with Crippen LogP contribution in [0.4, 0.5) is 0 Å². The quantitative estimate of drug-likeness (QED) is 0.507. The minimum atomic E-state index is -1.17. The van der Waals surface area contributed by atoms with Crippen LogP contribution in [0.1, 0.15) is 26.5 Å². The highest BCUT2D eigenvalue weighted by atomic mass is 28.3. The van der Waals surface area contributed by atoms with Gasteiger partial charge in [0.1, 0.15) is 7.05 Å². The van der Waals surface area contributed by atoms with E-state index in [0.29, 0.717) is 0 Å². The van der Waals surface area contributed by atoms with Crippen molar-refractivity contribution in [1.29, 1.82) is 0 Å². The van der Waals surface area contributed by atoms with E-state index in [1.54, 1.807) is 0 Å². The van der Waals surface area contributed by atoms with Crippen LogP contribution in [0, 0.1) is 0 Å². The highest BCUT2D eigenvalue weighted by Gasteiger charge is 2.26. The van der Waals surface area contributed by atoms with Gasteiger partial charge in [0, 0.05) is 16.7 Å². The van der Waals surface area contributed by atoms with E-state index in [0.717, 1.165) is 0 Å². The molecule has 0 aliphatic carbocycles. The van der Waals surface area contributed by atoms with E-state index in [-0.39, 0.29) is 5.41 Å². The Morgan fingerprint density at radius 3 is 1.93 bits per heavy atom. The Morgan fingerprint density at radius 1 is 1.07 bits per heavy atom. The fraction of sp³-hybridized carbons (Fsp3) is 0.615. The third-order valence-electron chi connectivity index (χ3n) is 2.77. The lowest BCUT2D eigenvalue weighted by molar-refractivity contribution is -0.681. The molecule has 0 bridgehead atoms. The van der Waals surface area contributed by atoms with Crippen LogP contribution >= 0.6 is 0 Å². The SMILES string of the molecule is C[n+]1cc([Si](C)(C)C)ccc1C(C)(C)C. The zero-order chi connectivity index (χ0) is 11.9. The largest absolute Gasteiger partial charge is 0.205 e. The maximum absolute atomic E-state index is 2.39. The lowest BCUT2D eigenvalue weighted by Crippen LogP contribution is -2.48. The first-order chi connectivity index (χ1) is 6.62. The molecule has 0 radical (unpaired) electrons. The molecule has 0 saturated carbocycles. The molecule has 1 nitrogen and oxygen atoms in total. The molecule has 0 N–H and O–H groups in total. The first-order valence-corrected chi connectivity index (χ1v) is 9.13. The predicted octanol–water partition coefficient (Wildman–Crippen LogP) is 2.35. The van der Waals surface area contributed by atoms with Gasteiger partial charge in [-0.25, -0.2) is 4.57 Å². The Kier molecular flexibility index (Phi) is 3.10. The lowest BCUT2D eigenvalue weighted by Gasteiger charge is -2.19. The molecule has 0 aromatic carbocycles. The van der Waals surface area contributed by atoms with Gasteiger partial charge in [0.25, 0.3) is 0 Å². The van der Waals surface area contributed by atoms with E-state index in [4.69, 9.17) is 0 Å². The number of aromatic nitrogens is 1. The summed E-state index contributed by atoms with van der Waals surface area (Å²) in [5, 5.41) is 1.53. The molecule has 15 heavy (non-hydrogen) atoms. The molecular formula is C13H24NSi+. The van der Waals surface area contributed by atoms with Gasteiger partial charge in [0.05, 0.1) is 8.07 Å². The number of hydrogen-bond donors (Lipinski definition) is 0. The summed E-state index contributed by atoms with van der Waals surface area (Å²) in [6.07, 6.45) is 2.31. The lowest BCUT2D eigenvalue weighted by atomic mass is 9.91. The van der Waals surface area contributed by atoms with Gasteiger partial charge in [-0.05, 0) is 0 Å². The molecule has 0 atom stereocenters. The van der Waals surface area contributed by atoms with Crippen molar-refractivity contribution in [2.45, 2.75) is 45.8 Å². The Morgan fingerprint density at radius 2 is 1.60 bits per heavy atom. The molecule has 1 heterocycles. The van der Waals surface area contributed by atoms with Crippen molar-refractivity contribution in [2.24, 2.45) is 7.05 Å². The van der Waals surface area contributed by atoms with Crippen molar-refractivity contribution in [3.63, 3.8) is 0 Å². The standard InChI is InChI=1S/C13H24NSi/c1-13(2,3)12-9-8-11(10-14(12)4)15(5,6)7/h8-10H,1-7H3/q+1. The molecule has 0 saturated heterocycles. The zero-order valence-corrected chi connectivity index (χ0v) is 12.2. The maximum Gasteiger partial charge on any atom is 0.186 e. The maximum atomic E-state index is 2.39. The molecule has 0 unspecified atom stereocenters. The summed E-state index contributed by atoms with van der Waals surface area (Å²) < 4.78 is 2.29. The van der Waals surface area contributed by atoms with Gasteiger partial charge in [-0.2, -0.15) is 0 Å². The first kappa shape index (κ1) is 12.4.